The topological polar surface area (TPSA) is 30.7 Å². The van der Waals surface area contributed by atoms with Crippen molar-refractivity contribution in [2.45, 2.75) is 5.16 Å². The Morgan fingerprint density at radius 3 is 2.60 bits per heavy atom. The zero-order valence-electron chi connectivity index (χ0n) is 8.44. The molecule has 0 fully saturated rings. The van der Waals surface area contributed by atoms with Crippen LogP contribution in [0.3, 0.4) is 0 Å². The molecular formula is C10H10BrN3S. The first-order valence-electron chi connectivity index (χ1n) is 4.42. The molecule has 0 bridgehead atoms. The van der Waals surface area contributed by atoms with E-state index in [1.165, 1.54) is 0 Å². The van der Waals surface area contributed by atoms with Crippen LogP contribution in [-0.4, -0.2) is 21.0 Å². The van der Waals surface area contributed by atoms with E-state index in [-0.39, 0.29) is 0 Å². The van der Waals surface area contributed by atoms with Gasteiger partial charge in [-0.25, -0.2) is 0 Å². The van der Waals surface area contributed by atoms with E-state index >= 15 is 0 Å². The van der Waals surface area contributed by atoms with Gasteiger partial charge in [0.05, 0.1) is 0 Å². The Labute approximate surface area is 101 Å². The van der Waals surface area contributed by atoms with Gasteiger partial charge in [-0.15, -0.1) is 10.2 Å². The van der Waals surface area contributed by atoms with Gasteiger partial charge in [-0.2, -0.15) is 0 Å². The van der Waals surface area contributed by atoms with E-state index in [4.69, 9.17) is 0 Å². The second-order valence-corrected chi connectivity index (χ2v) is 4.68. The van der Waals surface area contributed by atoms with Gasteiger partial charge >= 0.3 is 0 Å². The quantitative estimate of drug-likeness (QED) is 0.794. The van der Waals surface area contributed by atoms with Crippen molar-refractivity contribution < 1.29 is 0 Å². The summed E-state index contributed by atoms with van der Waals surface area (Å²) in [5.74, 6) is 0.881. The molecule has 1 aromatic carbocycles. The molecule has 1 aromatic heterocycles. The molecule has 1 heterocycles. The van der Waals surface area contributed by atoms with Crippen molar-refractivity contribution in [2.24, 2.45) is 7.05 Å². The number of rotatable bonds is 2. The summed E-state index contributed by atoms with van der Waals surface area (Å²) in [5, 5.41) is 9.20. The van der Waals surface area contributed by atoms with Crippen LogP contribution in [-0.2, 0) is 7.05 Å². The van der Waals surface area contributed by atoms with Crippen LogP contribution in [0.4, 0.5) is 0 Å². The summed E-state index contributed by atoms with van der Waals surface area (Å²) < 4.78 is 3.03. The van der Waals surface area contributed by atoms with Gasteiger partial charge in [-0.1, -0.05) is 45.9 Å². The first-order valence-corrected chi connectivity index (χ1v) is 6.44. The molecule has 78 valence electrons. The molecule has 15 heavy (non-hydrogen) atoms. The van der Waals surface area contributed by atoms with Gasteiger partial charge in [0, 0.05) is 17.1 Å². The lowest BCUT2D eigenvalue weighted by Gasteiger charge is -2.03. The summed E-state index contributed by atoms with van der Waals surface area (Å²) in [6.45, 7) is 0. The van der Waals surface area contributed by atoms with E-state index in [9.17, 15) is 0 Å². The molecule has 0 saturated heterocycles. The van der Waals surface area contributed by atoms with Gasteiger partial charge in [0.1, 0.15) is 0 Å². The second kappa shape index (κ2) is 4.37. The van der Waals surface area contributed by atoms with Crippen LogP contribution >= 0.6 is 27.7 Å². The molecule has 0 radical (unpaired) electrons. The van der Waals surface area contributed by atoms with Crippen LogP contribution in [0.2, 0.25) is 0 Å². The average Bonchev–Trinajstić information content (AvgIpc) is 2.60. The lowest BCUT2D eigenvalue weighted by Crippen LogP contribution is -1.94. The lowest BCUT2D eigenvalue weighted by atomic mass is 10.2. The predicted octanol–water partition coefficient (Wildman–Crippen LogP) is 2.97. The van der Waals surface area contributed by atoms with Crippen molar-refractivity contribution in [3.05, 3.63) is 28.7 Å². The summed E-state index contributed by atoms with van der Waals surface area (Å²) in [6.07, 6.45) is 1.99. The molecular weight excluding hydrogens is 274 g/mol. The number of halogens is 1. The summed E-state index contributed by atoms with van der Waals surface area (Å²) >= 11 is 5.10. The van der Waals surface area contributed by atoms with Gasteiger partial charge in [-0.3, -0.25) is 0 Å². The molecule has 5 heteroatoms. The van der Waals surface area contributed by atoms with E-state index in [1.807, 2.05) is 42.1 Å². The van der Waals surface area contributed by atoms with Crippen molar-refractivity contribution in [1.82, 2.24) is 14.8 Å². The number of nitrogens with zero attached hydrogens (tertiary/aromatic N) is 3. The Morgan fingerprint density at radius 2 is 2.00 bits per heavy atom. The van der Waals surface area contributed by atoms with Crippen molar-refractivity contribution in [3.63, 3.8) is 0 Å². The zero-order chi connectivity index (χ0) is 10.8. The Bertz CT molecular complexity index is 481. The molecule has 2 rings (SSSR count). The van der Waals surface area contributed by atoms with Gasteiger partial charge in [0.15, 0.2) is 11.0 Å². The standard InChI is InChI=1S/C10H10BrN3S/c1-14-9(12-13-10(14)15-2)7-5-3-4-6-8(7)11/h3-6H,1-2H3. The van der Waals surface area contributed by atoms with Crippen LogP contribution in [0.1, 0.15) is 0 Å². The van der Waals surface area contributed by atoms with Crippen LogP contribution in [0.15, 0.2) is 33.9 Å². The van der Waals surface area contributed by atoms with E-state index in [0.29, 0.717) is 0 Å². The summed E-state index contributed by atoms with van der Waals surface area (Å²) in [7, 11) is 1.97. The third-order valence-corrected chi connectivity index (χ3v) is 3.54. The molecule has 0 amide bonds. The molecule has 0 saturated carbocycles. The highest BCUT2D eigenvalue weighted by molar-refractivity contribution is 9.10. The number of hydrogen-bond acceptors (Lipinski definition) is 3. The highest BCUT2D eigenvalue weighted by Gasteiger charge is 2.11. The van der Waals surface area contributed by atoms with Gasteiger partial charge in [0.25, 0.3) is 0 Å². The van der Waals surface area contributed by atoms with Crippen molar-refractivity contribution in [3.8, 4) is 11.4 Å². The second-order valence-electron chi connectivity index (χ2n) is 3.05. The van der Waals surface area contributed by atoms with Crippen molar-refractivity contribution in [2.75, 3.05) is 6.26 Å². The van der Waals surface area contributed by atoms with Crippen LogP contribution in [0, 0.1) is 0 Å². The number of aromatic nitrogens is 3. The minimum absolute atomic E-state index is 0.881. The van der Waals surface area contributed by atoms with Gasteiger partial charge in [0.2, 0.25) is 0 Å². The monoisotopic (exact) mass is 283 g/mol. The average molecular weight is 284 g/mol. The van der Waals surface area contributed by atoms with Crippen molar-refractivity contribution in [1.29, 1.82) is 0 Å². The summed E-state index contributed by atoms with van der Waals surface area (Å²) in [4.78, 5) is 0. The first-order chi connectivity index (χ1) is 7.24. The van der Waals surface area contributed by atoms with E-state index in [0.717, 1.165) is 21.0 Å². The van der Waals surface area contributed by atoms with Gasteiger partial charge in [-0.05, 0) is 12.3 Å². The Kier molecular flexibility index (Phi) is 3.11. The maximum absolute atomic E-state index is 4.18. The van der Waals surface area contributed by atoms with E-state index in [1.54, 1.807) is 11.8 Å². The normalized spacial score (nSPS) is 10.6. The maximum Gasteiger partial charge on any atom is 0.190 e. The van der Waals surface area contributed by atoms with E-state index < -0.39 is 0 Å². The number of thioether (sulfide) groups is 1. The minimum Gasteiger partial charge on any atom is -0.305 e. The van der Waals surface area contributed by atoms with Crippen LogP contribution in [0.5, 0.6) is 0 Å². The number of benzene rings is 1. The largest absolute Gasteiger partial charge is 0.305 e. The molecule has 0 unspecified atom stereocenters. The smallest absolute Gasteiger partial charge is 0.190 e. The highest BCUT2D eigenvalue weighted by atomic mass is 79.9. The van der Waals surface area contributed by atoms with Crippen LogP contribution < -0.4 is 0 Å². The van der Waals surface area contributed by atoms with Gasteiger partial charge < -0.3 is 4.57 Å². The maximum atomic E-state index is 4.18. The Hall–Kier alpha value is -0.810. The first kappa shape index (κ1) is 10.7. The minimum atomic E-state index is 0.881. The Balaban J connectivity index is 2.55. The molecule has 2 aromatic rings. The SMILES string of the molecule is CSc1nnc(-c2ccccc2Br)n1C. The zero-order valence-corrected chi connectivity index (χ0v) is 10.8. The fraction of sp³-hybridized carbons (Fsp3) is 0.200. The molecule has 0 N–H and O–H groups in total. The predicted molar refractivity (Wildman–Crippen MR) is 65.9 cm³/mol. The molecule has 0 aliphatic heterocycles. The molecule has 0 aliphatic carbocycles. The Morgan fingerprint density at radius 1 is 1.27 bits per heavy atom. The molecule has 3 nitrogen and oxygen atoms in total. The van der Waals surface area contributed by atoms with Crippen LogP contribution in [0.25, 0.3) is 11.4 Å². The molecule has 0 spiro atoms. The van der Waals surface area contributed by atoms with E-state index in [2.05, 4.69) is 26.1 Å². The summed E-state index contributed by atoms with van der Waals surface area (Å²) in [5.41, 5.74) is 1.06. The van der Waals surface area contributed by atoms with Crippen molar-refractivity contribution >= 4 is 27.7 Å². The fourth-order valence-electron chi connectivity index (χ4n) is 1.37. The fourth-order valence-corrected chi connectivity index (χ4v) is 2.31. The third kappa shape index (κ3) is 1.94. The third-order valence-electron chi connectivity index (χ3n) is 2.13. The lowest BCUT2D eigenvalue weighted by molar-refractivity contribution is 0.795. The highest BCUT2D eigenvalue weighted by Crippen LogP contribution is 2.27. The molecule has 0 aliphatic rings. The number of hydrogen-bond donors (Lipinski definition) is 0. The summed E-state index contributed by atoms with van der Waals surface area (Å²) in [6, 6.07) is 8.01. The molecule has 0 atom stereocenters.